The minimum Gasteiger partial charge on any atom is -0.0836 e. The van der Waals surface area contributed by atoms with Crippen LogP contribution < -0.4 is 0 Å². The summed E-state index contributed by atoms with van der Waals surface area (Å²) in [6, 6.07) is 47.2. The van der Waals surface area contributed by atoms with Crippen LogP contribution in [0, 0.1) is 0 Å². The SMILES string of the molecule is Brc1ccc(-c2ccc3c(-c4ccc5c(c4)C=CCC5)c4ccccc4c(-c4ccc5ccccc5c4)c3c2)cc1. The van der Waals surface area contributed by atoms with Crippen molar-refractivity contribution in [3.63, 3.8) is 0 Å². The highest BCUT2D eigenvalue weighted by Crippen LogP contribution is 2.45. The first-order chi connectivity index (χ1) is 20.2. The highest BCUT2D eigenvalue weighted by molar-refractivity contribution is 9.10. The van der Waals surface area contributed by atoms with Crippen molar-refractivity contribution in [1.82, 2.24) is 0 Å². The quantitative estimate of drug-likeness (QED) is 0.180. The first kappa shape index (κ1) is 24.3. The average molecular weight is 588 g/mol. The Balaban J connectivity index is 1.49. The fraction of sp³-hybridized carbons (Fsp3) is 0.0500. The molecule has 0 amide bonds. The van der Waals surface area contributed by atoms with Crippen molar-refractivity contribution in [1.29, 1.82) is 0 Å². The maximum Gasteiger partial charge on any atom is 0.0175 e. The second-order valence-corrected chi connectivity index (χ2v) is 11.9. The van der Waals surface area contributed by atoms with Gasteiger partial charge in [0.15, 0.2) is 0 Å². The Morgan fingerprint density at radius 2 is 1.10 bits per heavy atom. The van der Waals surface area contributed by atoms with Crippen LogP contribution in [0.15, 0.2) is 138 Å². The van der Waals surface area contributed by atoms with Crippen LogP contribution in [0.1, 0.15) is 17.5 Å². The van der Waals surface area contributed by atoms with E-state index in [0.29, 0.717) is 0 Å². The summed E-state index contributed by atoms with van der Waals surface area (Å²) in [4.78, 5) is 0. The predicted molar refractivity (Wildman–Crippen MR) is 180 cm³/mol. The third kappa shape index (κ3) is 4.20. The molecule has 0 radical (unpaired) electrons. The molecule has 0 bridgehead atoms. The summed E-state index contributed by atoms with van der Waals surface area (Å²) in [7, 11) is 0. The van der Waals surface area contributed by atoms with Crippen LogP contribution in [-0.4, -0.2) is 0 Å². The highest BCUT2D eigenvalue weighted by Gasteiger charge is 2.18. The molecule has 0 saturated heterocycles. The lowest BCUT2D eigenvalue weighted by Gasteiger charge is -2.20. The monoisotopic (exact) mass is 586 g/mol. The van der Waals surface area contributed by atoms with E-state index in [0.717, 1.165) is 17.3 Å². The summed E-state index contributed by atoms with van der Waals surface area (Å²) in [6.07, 6.45) is 6.83. The Morgan fingerprint density at radius 1 is 0.463 bits per heavy atom. The Morgan fingerprint density at radius 3 is 1.93 bits per heavy atom. The summed E-state index contributed by atoms with van der Waals surface area (Å²) in [5, 5.41) is 7.66. The van der Waals surface area contributed by atoms with Gasteiger partial charge >= 0.3 is 0 Å². The third-order valence-corrected chi connectivity index (χ3v) is 9.08. The van der Waals surface area contributed by atoms with Crippen LogP contribution in [0.3, 0.4) is 0 Å². The molecule has 8 rings (SSSR count). The Hall–Kier alpha value is -4.46. The fourth-order valence-corrected chi connectivity index (χ4v) is 6.81. The highest BCUT2D eigenvalue weighted by atomic mass is 79.9. The first-order valence-electron chi connectivity index (χ1n) is 14.3. The van der Waals surface area contributed by atoms with Crippen molar-refractivity contribution in [2.75, 3.05) is 0 Å². The lowest BCUT2D eigenvalue weighted by Crippen LogP contribution is -1.96. The van der Waals surface area contributed by atoms with Crippen molar-refractivity contribution >= 4 is 54.3 Å². The average Bonchev–Trinajstić information content (AvgIpc) is 3.03. The fourth-order valence-electron chi connectivity index (χ4n) is 6.55. The molecular weight excluding hydrogens is 560 g/mol. The van der Waals surface area contributed by atoms with Gasteiger partial charge < -0.3 is 0 Å². The smallest absolute Gasteiger partial charge is 0.0175 e. The molecule has 0 heterocycles. The van der Waals surface area contributed by atoms with Crippen LogP contribution in [-0.2, 0) is 6.42 Å². The molecule has 0 N–H and O–H groups in total. The molecule has 1 aliphatic carbocycles. The molecule has 7 aromatic carbocycles. The van der Waals surface area contributed by atoms with Gasteiger partial charge in [-0.2, -0.15) is 0 Å². The van der Waals surface area contributed by atoms with E-state index in [1.807, 2.05) is 0 Å². The molecule has 0 nitrogen and oxygen atoms in total. The van der Waals surface area contributed by atoms with Crippen molar-refractivity contribution in [2.45, 2.75) is 12.8 Å². The molecule has 0 atom stereocenters. The zero-order chi connectivity index (χ0) is 27.3. The van der Waals surface area contributed by atoms with E-state index in [1.54, 1.807) is 0 Å². The first-order valence-corrected chi connectivity index (χ1v) is 15.1. The molecule has 0 saturated carbocycles. The van der Waals surface area contributed by atoms with Crippen LogP contribution in [0.5, 0.6) is 0 Å². The number of hydrogen-bond donors (Lipinski definition) is 0. The maximum absolute atomic E-state index is 3.60. The number of hydrogen-bond acceptors (Lipinski definition) is 0. The van der Waals surface area contributed by atoms with Gasteiger partial charge in [-0.15, -0.1) is 0 Å². The zero-order valence-electron chi connectivity index (χ0n) is 22.6. The van der Waals surface area contributed by atoms with E-state index in [9.17, 15) is 0 Å². The molecule has 1 heteroatoms. The Labute approximate surface area is 248 Å². The molecule has 0 fully saturated rings. The van der Waals surface area contributed by atoms with Crippen LogP contribution in [0.2, 0.25) is 0 Å². The standard InChI is InChI=1S/C40H27Br/c41-34-20-17-28(18-21-34)31-19-22-37-38(25-31)40(33-16-14-27-8-2-4-10-30(27)24-33)36-12-6-5-11-35(36)39(37)32-15-13-26-7-1-3-9-29(26)23-32/h2-6,8-25H,1,7H2. The van der Waals surface area contributed by atoms with Crippen molar-refractivity contribution in [3.05, 3.63) is 149 Å². The molecule has 194 valence electrons. The van der Waals surface area contributed by atoms with E-state index < -0.39 is 0 Å². The van der Waals surface area contributed by atoms with E-state index in [-0.39, 0.29) is 0 Å². The van der Waals surface area contributed by atoms with Crippen molar-refractivity contribution in [2.24, 2.45) is 0 Å². The second kappa shape index (κ2) is 9.87. The van der Waals surface area contributed by atoms with E-state index in [4.69, 9.17) is 0 Å². The summed E-state index contributed by atoms with van der Waals surface area (Å²) in [6.45, 7) is 0. The van der Waals surface area contributed by atoms with Crippen molar-refractivity contribution < 1.29 is 0 Å². The number of aryl methyl sites for hydroxylation is 1. The topological polar surface area (TPSA) is 0 Å². The van der Waals surface area contributed by atoms with Gasteiger partial charge in [0.05, 0.1) is 0 Å². The second-order valence-electron chi connectivity index (χ2n) is 11.0. The lowest BCUT2D eigenvalue weighted by atomic mass is 9.83. The number of allylic oxidation sites excluding steroid dienone is 1. The Kier molecular flexibility index (Phi) is 5.86. The van der Waals surface area contributed by atoms with Crippen LogP contribution >= 0.6 is 15.9 Å². The maximum atomic E-state index is 3.60. The normalized spacial score (nSPS) is 12.7. The number of fused-ring (bicyclic) bond motifs is 4. The van der Waals surface area contributed by atoms with Gasteiger partial charge in [-0.1, -0.05) is 125 Å². The minimum absolute atomic E-state index is 1.09. The summed E-state index contributed by atoms with van der Waals surface area (Å²) >= 11 is 3.60. The molecule has 0 aromatic heterocycles. The number of benzene rings is 7. The molecule has 7 aromatic rings. The number of halogens is 1. The van der Waals surface area contributed by atoms with Gasteiger partial charge in [0.25, 0.3) is 0 Å². The minimum atomic E-state index is 1.09. The van der Waals surface area contributed by atoms with Gasteiger partial charge in [0, 0.05) is 4.47 Å². The van der Waals surface area contributed by atoms with E-state index in [1.165, 1.54) is 76.8 Å². The van der Waals surface area contributed by atoms with Gasteiger partial charge in [0.1, 0.15) is 0 Å². The van der Waals surface area contributed by atoms with Gasteiger partial charge in [0.2, 0.25) is 0 Å². The summed E-state index contributed by atoms with van der Waals surface area (Å²) in [5.41, 5.74) is 10.3. The predicted octanol–water partition coefficient (Wildman–Crippen LogP) is 11.9. The van der Waals surface area contributed by atoms with Crippen LogP contribution in [0.25, 0.3) is 71.8 Å². The Bertz CT molecular complexity index is 2150. The zero-order valence-corrected chi connectivity index (χ0v) is 24.2. The van der Waals surface area contributed by atoms with Crippen LogP contribution in [0.4, 0.5) is 0 Å². The summed E-state index contributed by atoms with van der Waals surface area (Å²) in [5.74, 6) is 0. The molecule has 41 heavy (non-hydrogen) atoms. The lowest BCUT2D eigenvalue weighted by molar-refractivity contribution is 0.986. The van der Waals surface area contributed by atoms with E-state index >= 15 is 0 Å². The third-order valence-electron chi connectivity index (χ3n) is 8.55. The molecule has 1 aliphatic rings. The summed E-state index contributed by atoms with van der Waals surface area (Å²) < 4.78 is 1.09. The molecule has 0 aliphatic heterocycles. The molecule has 0 unspecified atom stereocenters. The van der Waals surface area contributed by atoms with E-state index in [2.05, 4.69) is 155 Å². The van der Waals surface area contributed by atoms with Crippen molar-refractivity contribution in [3.8, 4) is 33.4 Å². The van der Waals surface area contributed by atoms with Gasteiger partial charge in [-0.25, -0.2) is 0 Å². The molecule has 0 spiro atoms. The number of rotatable bonds is 3. The van der Waals surface area contributed by atoms with Gasteiger partial charge in [-0.3, -0.25) is 0 Å². The molecular formula is C40H27Br. The van der Waals surface area contributed by atoms with Gasteiger partial charge in [-0.05, 0) is 120 Å². The largest absolute Gasteiger partial charge is 0.0836 e.